The Bertz CT molecular complexity index is 395. The van der Waals surface area contributed by atoms with Crippen molar-refractivity contribution in [2.75, 3.05) is 13.2 Å². The number of hydrogen-bond acceptors (Lipinski definition) is 3. The van der Waals surface area contributed by atoms with Crippen LogP contribution in [0.15, 0.2) is 28.7 Å². The maximum Gasteiger partial charge on any atom is 0.404 e. The van der Waals surface area contributed by atoms with Crippen LogP contribution in [0.3, 0.4) is 0 Å². The first-order valence-electron chi connectivity index (χ1n) is 4.56. The van der Waals surface area contributed by atoms with E-state index in [1.54, 1.807) is 18.2 Å². The molecule has 0 spiro atoms. The standard InChI is InChI=1S/C10H11BrN2O3/c11-8-4-2-1-3-7(8)9(14)13-5-6-16-10(12)15/h1-4H,5-6H2,(H2,12,15)(H,13,14). The Kier molecular flexibility index (Phi) is 4.78. The summed E-state index contributed by atoms with van der Waals surface area (Å²) < 4.78 is 5.18. The van der Waals surface area contributed by atoms with Gasteiger partial charge in [0.2, 0.25) is 0 Å². The Balaban J connectivity index is 2.41. The van der Waals surface area contributed by atoms with Crippen molar-refractivity contribution >= 4 is 27.9 Å². The highest BCUT2D eigenvalue weighted by Gasteiger charge is 2.07. The third-order valence-electron chi connectivity index (χ3n) is 1.75. The lowest BCUT2D eigenvalue weighted by Crippen LogP contribution is -2.29. The lowest BCUT2D eigenvalue weighted by atomic mass is 10.2. The van der Waals surface area contributed by atoms with Gasteiger partial charge in [-0.15, -0.1) is 0 Å². The largest absolute Gasteiger partial charge is 0.448 e. The van der Waals surface area contributed by atoms with E-state index in [9.17, 15) is 9.59 Å². The van der Waals surface area contributed by atoms with Crippen molar-refractivity contribution in [2.24, 2.45) is 5.73 Å². The average Bonchev–Trinajstić information content (AvgIpc) is 2.24. The monoisotopic (exact) mass is 286 g/mol. The van der Waals surface area contributed by atoms with Crippen LogP contribution in [-0.2, 0) is 4.74 Å². The highest BCUT2D eigenvalue weighted by atomic mass is 79.9. The number of ether oxygens (including phenoxy) is 1. The second kappa shape index (κ2) is 6.12. The van der Waals surface area contributed by atoms with Gasteiger partial charge in [0.25, 0.3) is 5.91 Å². The minimum Gasteiger partial charge on any atom is -0.448 e. The number of amides is 2. The number of carbonyl (C=O) groups is 2. The summed E-state index contributed by atoms with van der Waals surface area (Å²) in [7, 11) is 0. The molecule has 1 aromatic carbocycles. The van der Waals surface area contributed by atoms with Crippen LogP contribution >= 0.6 is 15.9 Å². The van der Waals surface area contributed by atoms with Crippen molar-refractivity contribution in [1.82, 2.24) is 5.32 Å². The molecule has 0 aromatic heterocycles. The molecule has 0 saturated heterocycles. The van der Waals surface area contributed by atoms with E-state index in [2.05, 4.69) is 26.0 Å². The summed E-state index contributed by atoms with van der Waals surface area (Å²) in [5, 5.41) is 2.59. The Morgan fingerprint density at radius 1 is 1.38 bits per heavy atom. The molecule has 0 fully saturated rings. The minimum absolute atomic E-state index is 0.0610. The Labute approximate surface area is 101 Å². The number of benzene rings is 1. The predicted molar refractivity (Wildman–Crippen MR) is 62.0 cm³/mol. The lowest BCUT2D eigenvalue weighted by Gasteiger charge is -2.06. The summed E-state index contributed by atoms with van der Waals surface area (Å²) in [6.07, 6.45) is -0.852. The zero-order chi connectivity index (χ0) is 12.0. The number of nitrogens with one attached hydrogen (secondary N) is 1. The Hall–Kier alpha value is -1.56. The van der Waals surface area contributed by atoms with Gasteiger partial charge in [-0.05, 0) is 28.1 Å². The van der Waals surface area contributed by atoms with Crippen LogP contribution < -0.4 is 11.1 Å². The zero-order valence-corrected chi connectivity index (χ0v) is 9.99. The summed E-state index contributed by atoms with van der Waals surface area (Å²) in [4.78, 5) is 21.8. The van der Waals surface area contributed by atoms with Crippen molar-refractivity contribution in [3.05, 3.63) is 34.3 Å². The molecule has 2 amide bonds. The van der Waals surface area contributed by atoms with Crippen molar-refractivity contribution in [1.29, 1.82) is 0 Å². The van der Waals surface area contributed by atoms with Crippen LogP contribution in [0.5, 0.6) is 0 Å². The van der Waals surface area contributed by atoms with Crippen molar-refractivity contribution in [3.63, 3.8) is 0 Å². The van der Waals surface area contributed by atoms with E-state index in [1.807, 2.05) is 6.07 Å². The molecule has 0 saturated carbocycles. The first kappa shape index (κ1) is 12.5. The topological polar surface area (TPSA) is 81.4 Å². The third kappa shape index (κ3) is 3.90. The number of hydrogen-bond donors (Lipinski definition) is 2. The maximum atomic E-state index is 11.6. The molecule has 16 heavy (non-hydrogen) atoms. The second-order valence-corrected chi connectivity index (χ2v) is 3.76. The fourth-order valence-electron chi connectivity index (χ4n) is 1.06. The van der Waals surface area contributed by atoms with Gasteiger partial charge in [0, 0.05) is 4.47 Å². The first-order valence-corrected chi connectivity index (χ1v) is 5.35. The van der Waals surface area contributed by atoms with E-state index in [-0.39, 0.29) is 19.1 Å². The fraction of sp³-hybridized carbons (Fsp3) is 0.200. The molecule has 0 aliphatic heterocycles. The number of nitrogens with two attached hydrogens (primary N) is 1. The molecule has 0 unspecified atom stereocenters. The van der Waals surface area contributed by atoms with Crippen molar-refractivity contribution in [2.45, 2.75) is 0 Å². The van der Waals surface area contributed by atoms with E-state index in [0.717, 1.165) is 0 Å². The normalized spacial score (nSPS) is 9.56. The highest BCUT2D eigenvalue weighted by molar-refractivity contribution is 9.10. The quantitative estimate of drug-likeness (QED) is 0.818. The van der Waals surface area contributed by atoms with Crippen LogP contribution in [0, 0.1) is 0 Å². The summed E-state index contributed by atoms with van der Waals surface area (Å²) in [5.41, 5.74) is 5.29. The molecule has 3 N–H and O–H groups in total. The highest BCUT2D eigenvalue weighted by Crippen LogP contribution is 2.15. The molecular weight excluding hydrogens is 276 g/mol. The van der Waals surface area contributed by atoms with Gasteiger partial charge in [0.05, 0.1) is 12.1 Å². The van der Waals surface area contributed by atoms with E-state index in [0.29, 0.717) is 10.0 Å². The first-order chi connectivity index (χ1) is 7.61. The van der Waals surface area contributed by atoms with Crippen LogP contribution in [-0.4, -0.2) is 25.2 Å². The Morgan fingerprint density at radius 2 is 2.06 bits per heavy atom. The van der Waals surface area contributed by atoms with E-state index >= 15 is 0 Å². The van der Waals surface area contributed by atoms with Crippen LogP contribution in [0.2, 0.25) is 0 Å². The molecule has 86 valence electrons. The number of rotatable bonds is 4. The van der Waals surface area contributed by atoms with Crippen molar-refractivity contribution < 1.29 is 14.3 Å². The summed E-state index contributed by atoms with van der Waals surface area (Å²) in [6, 6.07) is 7.04. The molecule has 6 heteroatoms. The Morgan fingerprint density at radius 3 is 2.69 bits per heavy atom. The molecule has 0 atom stereocenters. The molecule has 0 aliphatic carbocycles. The van der Waals surface area contributed by atoms with Gasteiger partial charge in [-0.1, -0.05) is 12.1 Å². The van der Waals surface area contributed by atoms with E-state index < -0.39 is 6.09 Å². The van der Waals surface area contributed by atoms with Gasteiger partial charge < -0.3 is 15.8 Å². The molecule has 1 rings (SSSR count). The van der Waals surface area contributed by atoms with Gasteiger partial charge in [0.15, 0.2) is 0 Å². The van der Waals surface area contributed by atoms with Crippen LogP contribution in [0.1, 0.15) is 10.4 Å². The average molecular weight is 287 g/mol. The maximum absolute atomic E-state index is 11.6. The van der Waals surface area contributed by atoms with E-state index in [4.69, 9.17) is 5.73 Å². The van der Waals surface area contributed by atoms with Gasteiger partial charge in [-0.25, -0.2) is 4.79 Å². The number of halogens is 1. The summed E-state index contributed by atoms with van der Waals surface area (Å²) >= 11 is 3.26. The molecule has 1 aromatic rings. The zero-order valence-electron chi connectivity index (χ0n) is 8.40. The predicted octanol–water partition coefficient (Wildman–Crippen LogP) is 1.27. The SMILES string of the molecule is NC(=O)OCCNC(=O)c1ccccc1Br. The number of primary amides is 1. The van der Waals surface area contributed by atoms with Gasteiger partial charge in [-0.3, -0.25) is 4.79 Å². The fourth-order valence-corrected chi connectivity index (χ4v) is 1.52. The second-order valence-electron chi connectivity index (χ2n) is 2.90. The molecule has 5 nitrogen and oxygen atoms in total. The van der Waals surface area contributed by atoms with Crippen LogP contribution in [0.25, 0.3) is 0 Å². The molecule has 0 aliphatic rings. The summed E-state index contributed by atoms with van der Waals surface area (Å²) in [6.45, 7) is 0.286. The molecule has 0 heterocycles. The van der Waals surface area contributed by atoms with Gasteiger partial charge in [-0.2, -0.15) is 0 Å². The molecule has 0 radical (unpaired) electrons. The third-order valence-corrected chi connectivity index (χ3v) is 2.44. The molecule has 0 bridgehead atoms. The smallest absolute Gasteiger partial charge is 0.404 e. The van der Waals surface area contributed by atoms with Gasteiger partial charge >= 0.3 is 6.09 Å². The van der Waals surface area contributed by atoms with Gasteiger partial charge in [0.1, 0.15) is 6.61 Å². The van der Waals surface area contributed by atoms with Crippen LogP contribution in [0.4, 0.5) is 4.79 Å². The summed E-state index contributed by atoms with van der Waals surface area (Å²) in [5.74, 6) is -0.236. The molecular formula is C10H11BrN2O3. The van der Waals surface area contributed by atoms with E-state index in [1.165, 1.54) is 0 Å². The number of carbonyl (C=O) groups excluding carboxylic acids is 2. The minimum atomic E-state index is -0.852. The lowest BCUT2D eigenvalue weighted by molar-refractivity contribution is 0.0936. The van der Waals surface area contributed by atoms with Crippen molar-refractivity contribution in [3.8, 4) is 0 Å².